The van der Waals surface area contributed by atoms with Gasteiger partial charge in [-0.05, 0) is 18.2 Å². The van der Waals surface area contributed by atoms with Crippen LogP contribution in [0.2, 0.25) is 0 Å². The number of carbonyl (C=O) groups excluding carboxylic acids is 1. The van der Waals surface area contributed by atoms with Crippen LogP contribution in [0.15, 0.2) is 23.3 Å². The van der Waals surface area contributed by atoms with Gasteiger partial charge in [0.2, 0.25) is 0 Å². The highest BCUT2D eigenvalue weighted by atomic mass is 19.4. The van der Waals surface area contributed by atoms with Gasteiger partial charge < -0.3 is 9.84 Å². The molecule has 0 unspecified atom stereocenters. The van der Waals surface area contributed by atoms with E-state index in [-0.39, 0.29) is 12.0 Å². The van der Waals surface area contributed by atoms with Crippen LogP contribution in [0, 0.1) is 0 Å². The lowest BCUT2D eigenvalue weighted by molar-refractivity contribution is -0.436. The summed E-state index contributed by atoms with van der Waals surface area (Å²) < 4.78 is 173. The molecule has 0 spiro atoms. The maximum absolute atomic E-state index is 13.6. The Morgan fingerprint density at radius 1 is 0.879 bits per heavy atom. The molecule has 0 heterocycles. The van der Waals surface area contributed by atoms with Crippen molar-refractivity contribution in [2.45, 2.75) is 35.8 Å². The van der Waals surface area contributed by atoms with Gasteiger partial charge in [-0.2, -0.15) is 62.2 Å². The Kier molecular flexibility index (Phi) is 7.18. The summed E-state index contributed by atoms with van der Waals surface area (Å²) in [6.07, 6.45) is -7.30. The predicted octanol–water partition coefficient (Wildman–Crippen LogP) is 4.59. The fourth-order valence-electron chi connectivity index (χ4n) is 1.91. The van der Waals surface area contributed by atoms with Gasteiger partial charge in [-0.15, -0.1) is 0 Å². The molecule has 0 radical (unpaired) electrons. The second kappa shape index (κ2) is 8.44. The number of methoxy groups -OCH3 is 1. The minimum absolute atomic E-state index is 0.00935. The van der Waals surface area contributed by atoms with Gasteiger partial charge in [0.25, 0.3) is 0 Å². The first kappa shape index (κ1) is 28.1. The second-order valence-corrected chi connectivity index (χ2v) is 5.99. The Labute approximate surface area is 173 Å². The number of carbonyl (C=O) groups is 1. The predicted molar refractivity (Wildman–Crippen MR) is 81.2 cm³/mol. The Bertz CT molecular complexity index is 913. The molecule has 18 heteroatoms. The summed E-state index contributed by atoms with van der Waals surface area (Å²) in [6.45, 7) is 0. The molecule has 1 amide bonds. The molecule has 188 valence electrons. The Hall–Kier alpha value is -2.95. The van der Waals surface area contributed by atoms with E-state index in [0.717, 1.165) is 25.3 Å². The first-order valence-electron chi connectivity index (χ1n) is 7.76. The van der Waals surface area contributed by atoms with E-state index < -0.39 is 53.0 Å². The topological polar surface area (TPSA) is 70.9 Å². The number of halogens is 13. The molecule has 0 saturated heterocycles. The molecule has 0 fully saturated rings. The van der Waals surface area contributed by atoms with Gasteiger partial charge in [-0.1, -0.05) is 0 Å². The third kappa shape index (κ3) is 4.46. The highest BCUT2D eigenvalue weighted by molar-refractivity contribution is 5.88. The molecule has 0 saturated carbocycles. The van der Waals surface area contributed by atoms with Gasteiger partial charge in [-0.3, -0.25) is 4.79 Å². The molecule has 0 aromatic heterocycles. The Balaban J connectivity index is 3.27. The third-order valence-electron chi connectivity index (χ3n) is 3.82. The average molecular weight is 512 g/mol. The van der Waals surface area contributed by atoms with Crippen LogP contribution in [0.25, 0.3) is 0 Å². The summed E-state index contributed by atoms with van der Waals surface area (Å²) in [7, 11) is 1.12. The molecule has 0 aliphatic carbocycles. The molecule has 33 heavy (non-hydrogen) atoms. The summed E-state index contributed by atoms with van der Waals surface area (Å²) in [5.41, 5.74) is 0.0430. The Morgan fingerprint density at radius 2 is 1.36 bits per heavy atom. The maximum Gasteiger partial charge on any atom is 0.460 e. The lowest BCUT2D eigenvalue weighted by Gasteiger charge is -2.38. The van der Waals surface area contributed by atoms with Crippen LogP contribution in [0.1, 0.15) is 5.56 Å². The highest BCUT2D eigenvalue weighted by Crippen LogP contribution is 2.60. The maximum atomic E-state index is 13.6. The standard InChI is InChI=1S/C15H9F13N2O3/c1-33-7-2-3-8(31)6(4-7)5-29-30-9(32)10(16,17)11(18,19)12(20,21)13(22,23)14(24,25)15(26,27)28/h2-5,31H,1H3,(H,30,32)/b29-5-. The van der Waals surface area contributed by atoms with E-state index in [1.807, 2.05) is 0 Å². The zero-order valence-electron chi connectivity index (χ0n) is 15.4. The average Bonchev–Trinajstić information content (AvgIpc) is 2.67. The van der Waals surface area contributed by atoms with Crippen LogP contribution < -0.4 is 10.2 Å². The van der Waals surface area contributed by atoms with Crippen molar-refractivity contribution in [3.8, 4) is 11.5 Å². The second-order valence-electron chi connectivity index (χ2n) is 5.99. The van der Waals surface area contributed by atoms with E-state index >= 15 is 0 Å². The van der Waals surface area contributed by atoms with Crippen molar-refractivity contribution in [3.63, 3.8) is 0 Å². The smallest absolute Gasteiger partial charge is 0.460 e. The number of phenols is 1. The van der Waals surface area contributed by atoms with Crippen LogP contribution in [-0.2, 0) is 4.79 Å². The molecule has 2 N–H and O–H groups in total. The molecule has 1 rings (SSSR count). The number of hydrogen-bond acceptors (Lipinski definition) is 4. The monoisotopic (exact) mass is 512 g/mol. The zero-order chi connectivity index (χ0) is 26.3. The number of rotatable bonds is 8. The summed E-state index contributed by atoms with van der Waals surface area (Å²) in [4.78, 5) is 11.2. The molecule has 5 nitrogen and oxygen atoms in total. The first-order chi connectivity index (χ1) is 14.6. The van der Waals surface area contributed by atoms with Gasteiger partial charge >= 0.3 is 41.7 Å². The van der Waals surface area contributed by atoms with Crippen molar-refractivity contribution in [2.24, 2.45) is 5.10 Å². The largest absolute Gasteiger partial charge is 0.507 e. The van der Waals surface area contributed by atoms with E-state index in [2.05, 4.69) is 9.84 Å². The SMILES string of the molecule is COc1ccc(O)c(/C=N\NC(=O)C(F)(F)C(F)(F)C(F)(F)C(F)(F)C(F)(F)C(F)(F)F)c1. The minimum Gasteiger partial charge on any atom is -0.507 e. The third-order valence-corrected chi connectivity index (χ3v) is 3.82. The quantitative estimate of drug-likeness (QED) is 0.304. The number of ether oxygens (including phenoxy) is 1. The van der Waals surface area contributed by atoms with E-state index in [1.54, 1.807) is 0 Å². The van der Waals surface area contributed by atoms with Crippen LogP contribution in [0.3, 0.4) is 0 Å². The Morgan fingerprint density at radius 3 is 1.82 bits per heavy atom. The summed E-state index contributed by atoms with van der Waals surface area (Å²) in [5.74, 6) is -43.2. The fraction of sp³-hybridized carbons (Fsp3) is 0.467. The number of alkyl halides is 13. The number of phenolic OH excluding ortho intramolecular Hbond substituents is 1. The van der Waals surface area contributed by atoms with Crippen molar-refractivity contribution in [1.82, 2.24) is 5.43 Å². The molecule has 1 aromatic carbocycles. The van der Waals surface area contributed by atoms with E-state index in [0.29, 0.717) is 5.43 Å². The normalized spacial score (nSPS) is 14.5. The molecular formula is C15H9F13N2O3. The van der Waals surface area contributed by atoms with Gasteiger partial charge in [0.1, 0.15) is 11.5 Å². The summed E-state index contributed by atoms with van der Waals surface area (Å²) in [6, 6.07) is 3.00. The number of benzene rings is 1. The highest BCUT2D eigenvalue weighted by Gasteiger charge is 2.91. The van der Waals surface area contributed by atoms with Gasteiger partial charge in [0.05, 0.1) is 13.3 Å². The van der Waals surface area contributed by atoms with Crippen molar-refractivity contribution in [2.75, 3.05) is 7.11 Å². The number of amides is 1. The zero-order valence-corrected chi connectivity index (χ0v) is 15.4. The lowest BCUT2D eigenvalue weighted by Crippen LogP contribution is -2.71. The van der Waals surface area contributed by atoms with E-state index in [1.165, 1.54) is 0 Å². The summed E-state index contributed by atoms with van der Waals surface area (Å²) in [5, 5.41) is 12.0. The van der Waals surface area contributed by atoms with E-state index in [9.17, 15) is 67.0 Å². The van der Waals surface area contributed by atoms with Gasteiger partial charge in [0, 0.05) is 5.56 Å². The molecule has 0 atom stereocenters. The molecular weight excluding hydrogens is 503 g/mol. The van der Waals surface area contributed by atoms with Crippen molar-refractivity contribution < 1.29 is 71.7 Å². The number of nitrogens with zero attached hydrogens (tertiary/aromatic N) is 1. The van der Waals surface area contributed by atoms with Crippen molar-refractivity contribution in [1.29, 1.82) is 0 Å². The van der Waals surface area contributed by atoms with Crippen LogP contribution in [0.4, 0.5) is 57.1 Å². The number of hydrazone groups is 1. The minimum atomic E-state index is -8.12. The van der Waals surface area contributed by atoms with E-state index in [4.69, 9.17) is 0 Å². The van der Waals surface area contributed by atoms with Crippen LogP contribution >= 0.6 is 0 Å². The van der Waals surface area contributed by atoms with Crippen molar-refractivity contribution in [3.05, 3.63) is 23.8 Å². The van der Waals surface area contributed by atoms with Crippen LogP contribution in [-0.4, -0.2) is 60.1 Å². The van der Waals surface area contributed by atoms with Crippen LogP contribution in [0.5, 0.6) is 11.5 Å². The van der Waals surface area contributed by atoms with Crippen molar-refractivity contribution >= 4 is 12.1 Å². The lowest BCUT2D eigenvalue weighted by atomic mass is 9.93. The fourth-order valence-corrected chi connectivity index (χ4v) is 1.91. The number of hydrogen-bond donors (Lipinski definition) is 2. The van der Waals surface area contributed by atoms with Gasteiger partial charge in [0.15, 0.2) is 0 Å². The molecule has 0 bridgehead atoms. The summed E-state index contributed by atoms with van der Waals surface area (Å²) >= 11 is 0. The van der Waals surface area contributed by atoms with Gasteiger partial charge in [-0.25, -0.2) is 5.43 Å². The molecule has 0 aliphatic rings. The first-order valence-corrected chi connectivity index (χ1v) is 7.76. The number of aromatic hydroxyl groups is 1. The molecule has 1 aromatic rings. The number of nitrogens with one attached hydrogen (secondary N) is 1. The molecule has 0 aliphatic heterocycles.